The quantitative estimate of drug-likeness (QED) is 0.405. The van der Waals surface area contributed by atoms with Crippen LogP contribution in [0.5, 0.6) is 0 Å². The van der Waals surface area contributed by atoms with E-state index in [1.165, 1.54) is 17.5 Å². The van der Waals surface area contributed by atoms with Gasteiger partial charge in [0.1, 0.15) is 0 Å². The normalized spacial score (nSPS) is 15.2. The molecule has 2 aromatic rings. The molecule has 0 atom stereocenters. The Labute approximate surface area is 111 Å². The Balaban J connectivity index is 0.000000246. The molecular formula is C11H15F6N2P. The average molecular weight is 320 g/mol. The third kappa shape index (κ3) is 6.75. The zero-order valence-corrected chi connectivity index (χ0v) is 11.8. The van der Waals surface area contributed by atoms with Gasteiger partial charge in [0.2, 0.25) is 6.33 Å². The van der Waals surface area contributed by atoms with Crippen LogP contribution in [0.4, 0.5) is 25.2 Å². The van der Waals surface area contributed by atoms with Crippen LogP contribution in [0.3, 0.4) is 0 Å². The molecule has 0 saturated carbocycles. The van der Waals surface area contributed by atoms with E-state index in [4.69, 9.17) is 0 Å². The second-order valence-electron chi connectivity index (χ2n) is 4.37. The number of nitrogens with zero attached hydrogens (tertiary/aromatic N) is 2. The van der Waals surface area contributed by atoms with Gasteiger partial charge in [0.15, 0.2) is 11.0 Å². The third-order valence-electron chi connectivity index (χ3n) is 2.35. The zero-order valence-electron chi connectivity index (χ0n) is 10.9. The standard InChI is InChI=1S/C11H15N2.F6P/c1-3-8-13-9-12(2)10-6-4-5-7-11(10)13;1-7(2,3,4,5)6/h4-7,9H,3,8H2,1-2H3;/q+1;-1. The van der Waals surface area contributed by atoms with E-state index >= 15 is 0 Å². The van der Waals surface area contributed by atoms with E-state index in [2.05, 4.69) is 53.7 Å². The van der Waals surface area contributed by atoms with Crippen molar-refractivity contribution < 1.29 is 29.7 Å². The summed E-state index contributed by atoms with van der Waals surface area (Å²) >= 11 is 0. The van der Waals surface area contributed by atoms with E-state index in [0.717, 1.165) is 6.54 Å². The molecule has 0 amide bonds. The minimum atomic E-state index is -10.7. The molecule has 0 bridgehead atoms. The predicted molar refractivity (Wildman–Crippen MR) is 67.0 cm³/mol. The van der Waals surface area contributed by atoms with Crippen LogP contribution in [0.15, 0.2) is 30.6 Å². The molecule has 0 N–H and O–H groups in total. The van der Waals surface area contributed by atoms with Gasteiger partial charge in [0.25, 0.3) is 0 Å². The van der Waals surface area contributed by atoms with Crippen molar-refractivity contribution in [3.8, 4) is 0 Å². The van der Waals surface area contributed by atoms with Gasteiger partial charge in [-0.1, -0.05) is 19.1 Å². The first-order valence-electron chi connectivity index (χ1n) is 5.78. The van der Waals surface area contributed by atoms with Crippen molar-refractivity contribution in [2.45, 2.75) is 19.9 Å². The topological polar surface area (TPSA) is 8.81 Å². The summed E-state index contributed by atoms with van der Waals surface area (Å²) in [6, 6.07) is 8.50. The van der Waals surface area contributed by atoms with Crippen LogP contribution in [-0.2, 0) is 13.6 Å². The monoisotopic (exact) mass is 320 g/mol. The fourth-order valence-electron chi connectivity index (χ4n) is 1.76. The molecule has 0 unspecified atom stereocenters. The first-order chi connectivity index (χ1) is 8.78. The fourth-order valence-corrected chi connectivity index (χ4v) is 1.76. The maximum absolute atomic E-state index is 10.7. The van der Waals surface area contributed by atoms with Crippen molar-refractivity contribution in [3.05, 3.63) is 30.6 Å². The van der Waals surface area contributed by atoms with Gasteiger partial charge < -0.3 is 0 Å². The van der Waals surface area contributed by atoms with Crippen molar-refractivity contribution >= 4 is 18.8 Å². The molecule has 0 saturated heterocycles. The number of hydrogen-bond donors (Lipinski definition) is 0. The Morgan fingerprint density at radius 2 is 1.55 bits per heavy atom. The van der Waals surface area contributed by atoms with Gasteiger partial charge in [-0.15, -0.1) is 0 Å². The molecule has 0 radical (unpaired) electrons. The van der Waals surface area contributed by atoms with Crippen LogP contribution >= 0.6 is 7.81 Å². The number of hydrogen-bond acceptors (Lipinski definition) is 0. The van der Waals surface area contributed by atoms with Gasteiger partial charge in [-0.05, 0) is 18.6 Å². The Bertz CT molecular complexity index is 590. The fraction of sp³-hybridized carbons (Fsp3) is 0.364. The van der Waals surface area contributed by atoms with E-state index in [-0.39, 0.29) is 0 Å². The molecule has 0 spiro atoms. The van der Waals surface area contributed by atoms with E-state index in [0.29, 0.717) is 0 Å². The van der Waals surface area contributed by atoms with Crippen molar-refractivity contribution in [2.75, 3.05) is 0 Å². The van der Waals surface area contributed by atoms with Crippen LogP contribution in [0, 0.1) is 0 Å². The van der Waals surface area contributed by atoms with Crippen LogP contribution in [-0.4, -0.2) is 4.57 Å². The van der Waals surface area contributed by atoms with Gasteiger partial charge in [0, 0.05) is 0 Å². The molecule has 1 aromatic carbocycles. The molecule has 2 rings (SSSR count). The van der Waals surface area contributed by atoms with E-state index < -0.39 is 7.81 Å². The second-order valence-corrected chi connectivity index (χ2v) is 6.28. The summed E-state index contributed by atoms with van der Waals surface area (Å²) < 4.78 is 63.7. The average Bonchev–Trinajstić information content (AvgIpc) is 2.53. The van der Waals surface area contributed by atoms with E-state index in [9.17, 15) is 25.2 Å². The minimum absolute atomic E-state index is 1.10. The first-order valence-corrected chi connectivity index (χ1v) is 7.80. The van der Waals surface area contributed by atoms with Gasteiger partial charge in [-0.2, -0.15) is 0 Å². The predicted octanol–water partition coefficient (Wildman–Crippen LogP) is 5.26. The number of aryl methyl sites for hydroxylation is 2. The zero-order chi connectivity index (χ0) is 15.7. The molecule has 0 aliphatic rings. The molecule has 2 nitrogen and oxygen atoms in total. The van der Waals surface area contributed by atoms with Crippen LogP contribution in [0.25, 0.3) is 11.0 Å². The number of halogens is 6. The van der Waals surface area contributed by atoms with E-state index in [1.807, 2.05) is 0 Å². The Hall–Kier alpha value is -1.30. The third-order valence-corrected chi connectivity index (χ3v) is 2.35. The van der Waals surface area contributed by atoms with E-state index in [1.54, 1.807) is 0 Å². The maximum atomic E-state index is 9.87. The molecule has 0 fully saturated rings. The van der Waals surface area contributed by atoms with Crippen molar-refractivity contribution in [2.24, 2.45) is 7.05 Å². The SMILES string of the molecule is CCCn1c[n+](C)c2ccccc21.F[P-](F)(F)(F)(F)F. The molecule has 20 heavy (non-hydrogen) atoms. The van der Waals surface area contributed by atoms with Crippen LogP contribution in [0.1, 0.15) is 13.3 Å². The second kappa shape index (κ2) is 4.62. The Morgan fingerprint density at radius 1 is 1.05 bits per heavy atom. The molecule has 1 aromatic heterocycles. The van der Waals surface area contributed by atoms with Crippen molar-refractivity contribution in [1.82, 2.24) is 4.57 Å². The van der Waals surface area contributed by atoms with Crippen LogP contribution < -0.4 is 4.57 Å². The molecule has 9 heteroatoms. The van der Waals surface area contributed by atoms with Gasteiger partial charge in [-0.3, -0.25) is 0 Å². The summed E-state index contributed by atoms with van der Waals surface area (Å²) in [4.78, 5) is 0. The van der Waals surface area contributed by atoms with Gasteiger partial charge >= 0.3 is 33.0 Å². The molecule has 0 aliphatic carbocycles. The number of fused-ring (bicyclic) bond motifs is 1. The molecule has 116 valence electrons. The summed E-state index contributed by atoms with van der Waals surface area (Å²) in [5.41, 5.74) is 2.63. The molecular weight excluding hydrogens is 305 g/mol. The number of para-hydroxylation sites is 2. The Kier molecular flexibility index (Phi) is 3.87. The first kappa shape index (κ1) is 16.8. The van der Waals surface area contributed by atoms with Gasteiger partial charge in [-0.25, -0.2) is 9.13 Å². The Morgan fingerprint density at radius 3 is 2.05 bits per heavy atom. The summed E-state index contributed by atoms with van der Waals surface area (Å²) in [5.74, 6) is 0. The number of imidazole rings is 1. The van der Waals surface area contributed by atoms with Crippen molar-refractivity contribution in [1.29, 1.82) is 0 Å². The van der Waals surface area contributed by atoms with Crippen molar-refractivity contribution in [3.63, 3.8) is 0 Å². The van der Waals surface area contributed by atoms with Gasteiger partial charge in [0.05, 0.1) is 13.6 Å². The molecule has 0 aliphatic heterocycles. The molecule has 1 heterocycles. The summed E-state index contributed by atoms with van der Waals surface area (Å²) in [6.07, 6.45) is 3.34. The van der Waals surface area contributed by atoms with Crippen LogP contribution in [0.2, 0.25) is 0 Å². The number of rotatable bonds is 2. The number of aromatic nitrogens is 2. The summed E-state index contributed by atoms with van der Waals surface area (Å²) in [6.45, 7) is 3.30. The number of benzene rings is 1. The summed E-state index contributed by atoms with van der Waals surface area (Å²) in [7, 11) is -8.57. The summed E-state index contributed by atoms with van der Waals surface area (Å²) in [5, 5.41) is 0.